The van der Waals surface area contributed by atoms with Gasteiger partial charge in [-0.15, -0.1) is 0 Å². The average Bonchev–Trinajstić information content (AvgIpc) is 2.19. The van der Waals surface area contributed by atoms with E-state index in [2.05, 4.69) is 6.92 Å². The van der Waals surface area contributed by atoms with Gasteiger partial charge < -0.3 is 10.8 Å². The van der Waals surface area contributed by atoms with Gasteiger partial charge in [0.15, 0.2) is 0 Å². The van der Waals surface area contributed by atoms with Gasteiger partial charge in [-0.2, -0.15) is 0 Å². The molecule has 0 aromatic rings. The van der Waals surface area contributed by atoms with Gasteiger partial charge in [-0.25, -0.2) is 0 Å². The SMILES string of the molecule is CCC1CCCN(C(CN)C(=O)O)C1. The third kappa shape index (κ3) is 2.69. The second-order valence-corrected chi connectivity index (χ2v) is 4.00. The molecule has 14 heavy (non-hydrogen) atoms. The van der Waals surface area contributed by atoms with Crippen LogP contribution >= 0.6 is 0 Å². The quantitative estimate of drug-likeness (QED) is 0.694. The number of hydrogen-bond donors (Lipinski definition) is 2. The highest BCUT2D eigenvalue weighted by atomic mass is 16.4. The van der Waals surface area contributed by atoms with Crippen LogP contribution in [0.25, 0.3) is 0 Å². The fraction of sp³-hybridized carbons (Fsp3) is 0.900. The van der Waals surface area contributed by atoms with Crippen molar-refractivity contribution in [2.45, 2.75) is 32.2 Å². The number of nitrogens with two attached hydrogens (primary N) is 1. The van der Waals surface area contributed by atoms with E-state index in [-0.39, 0.29) is 6.54 Å². The highest BCUT2D eigenvalue weighted by molar-refractivity contribution is 5.73. The van der Waals surface area contributed by atoms with Crippen LogP contribution in [0, 0.1) is 5.92 Å². The molecule has 82 valence electrons. The van der Waals surface area contributed by atoms with E-state index in [0.29, 0.717) is 5.92 Å². The fourth-order valence-electron chi connectivity index (χ4n) is 2.12. The molecule has 4 heteroatoms. The zero-order valence-electron chi connectivity index (χ0n) is 8.78. The first-order valence-electron chi connectivity index (χ1n) is 5.36. The molecule has 0 aliphatic carbocycles. The maximum absolute atomic E-state index is 10.9. The molecule has 0 aromatic carbocycles. The van der Waals surface area contributed by atoms with Gasteiger partial charge in [-0.05, 0) is 25.3 Å². The number of hydrogen-bond acceptors (Lipinski definition) is 3. The summed E-state index contributed by atoms with van der Waals surface area (Å²) in [6.45, 7) is 4.15. The van der Waals surface area contributed by atoms with Crippen LogP contribution in [-0.2, 0) is 4.79 Å². The molecule has 4 nitrogen and oxygen atoms in total. The predicted molar refractivity (Wildman–Crippen MR) is 55.1 cm³/mol. The number of aliphatic carboxylic acids is 1. The van der Waals surface area contributed by atoms with E-state index >= 15 is 0 Å². The smallest absolute Gasteiger partial charge is 0.322 e. The molecule has 0 amide bonds. The van der Waals surface area contributed by atoms with Gasteiger partial charge in [-0.1, -0.05) is 13.3 Å². The molecule has 0 spiro atoms. The first-order chi connectivity index (χ1) is 6.69. The lowest BCUT2D eigenvalue weighted by molar-refractivity contribution is -0.143. The predicted octanol–water partition coefficient (Wildman–Crippen LogP) is 0.520. The number of rotatable bonds is 4. The van der Waals surface area contributed by atoms with Crippen LogP contribution in [0.15, 0.2) is 0 Å². The molecule has 1 heterocycles. The Labute approximate surface area is 85.1 Å². The van der Waals surface area contributed by atoms with Gasteiger partial charge >= 0.3 is 5.97 Å². The van der Waals surface area contributed by atoms with E-state index in [4.69, 9.17) is 10.8 Å². The maximum Gasteiger partial charge on any atom is 0.322 e. The Bertz CT molecular complexity index is 197. The summed E-state index contributed by atoms with van der Waals surface area (Å²) in [5.74, 6) is -0.138. The van der Waals surface area contributed by atoms with Crippen molar-refractivity contribution >= 4 is 5.97 Å². The Morgan fingerprint density at radius 2 is 2.43 bits per heavy atom. The zero-order valence-corrected chi connectivity index (χ0v) is 8.78. The molecular formula is C10H20N2O2. The van der Waals surface area contributed by atoms with E-state index in [9.17, 15) is 4.79 Å². The third-order valence-electron chi connectivity index (χ3n) is 3.08. The van der Waals surface area contributed by atoms with E-state index in [1.807, 2.05) is 4.90 Å². The standard InChI is InChI=1S/C10H20N2O2/c1-2-8-4-3-5-12(7-8)9(6-11)10(13)14/h8-9H,2-7,11H2,1H3,(H,13,14). The van der Waals surface area contributed by atoms with Crippen LogP contribution in [0.1, 0.15) is 26.2 Å². The summed E-state index contributed by atoms with van der Waals surface area (Å²) >= 11 is 0. The van der Waals surface area contributed by atoms with Crippen molar-refractivity contribution in [2.24, 2.45) is 11.7 Å². The molecule has 0 saturated carbocycles. The third-order valence-corrected chi connectivity index (χ3v) is 3.08. The molecule has 1 aliphatic rings. The van der Waals surface area contributed by atoms with Crippen LogP contribution in [0.2, 0.25) is 0 Å². The van der Waals surface area contributed by atoms with Crippen molar-refractivity contribution in [3.05, 3.63) is 0 Å². The molecule has 2 unspecified atom stereocenters. The lowest BCUT2D eigenvalue weighted by Crippen LogP contribution is -2.50. The molecular weight excluding hydrogens is 180 g/mol. The first-order valence-corrected chi connectivity index (χ1v) is 5.36. The number of likely N-dealkylation sites (tertiary alicyclic amines) is 1. The lowest BCUT2D eigenvalue weighted by atomic mass is 9.94. The molecule has 1 saturated heterocycles. The molecule has 1 rings (SSSR count). The highest BCUT2D eigenvalue weighted by Gasteiger charge is 2.28. The number of carbonyl (C=O) groups is 1. The minimum absolute atomic E-state index is 0.214. The van der Waals surface area contributed by atoms with Gasteiger partial charge in [0, 0.05) is 13.1 Å². The highest BCUT2D eigenvalue weighted by Crippen LogP contribution is 2.20. The van der Waals surface area contributed by atoms with Crippen molar-refractivity contribution in [3.63, 3.8) is 0 Å². The van der Waals surface area contributed by atoms with Gasteiger partial charge in [0.05, 0.1) is 0 Å². The summed E-state index contributed by atoms with van der Waals surface area (Å²) in [5.41, 5.74) is 5.47. The zero-order chi connectivity index (χ0) is 10.6. The van der Waals surface area contributed by atoms with Crippen LogP contribution in [0.4, 0.5) is 0 Å². The molecule has 3 N–H and O–H groups in total. The topological polar surface area (TPSA) is 66.6 Å². The van der Waals surface area contributed by atoms with Crippen molar-refractivity contribution in [2.75, 3.05) is 19.6 Å². The summed E-state index contributed by atoms with van der Waals surface area (Å²) in [7, 11) is 0. The molecule has 1 aliphatic heterocycles. The molecule has 1 fully saturated rings. The summed E-state index contributed by atoms with van der Waals surface area (Å²) in [6.07, 6.45) is 3.46. The van der Waals surface area contributed by atoms with Gasteiger partial charge in [-0.3, -0.25) is 9.69 Å². The maximum atomic E-state index is 10.9. The van der Waals surface area contributed by atoms with Gasteiger partial charge in [0.1, 0.15) is 6.04 Å². The van der Waals surface area contributed by atoms with Crippen molar-refractivity contribution < 1.29 is 9.90 Å². The van der Waals surface area contributed by atoms with Crippen molar-refractivity contribution in [1.29, 1.82) is 0 Å². The number of carboxylic acids is 1. The lowest BCUT2D eigenvalue weighted by Gasteiger charge is -2.35. The summed E-state index contributed by atoms with van der Waals surface area (Å²) in [5, 5.41) is 8.96. The average molecular weight is 200 g/mol. The molecule has 0 bridgehead atoms. The molecule has 0 radical (unpaired) electrons. The van der Waals surface area contributed by atoms with Gasteiger partial charge in [0.2, 0.25) is 0 Å². The molecule has 2 atom stereocenters. The summed E-state index contributed by atoms with van der Waals surface area (Å²) in [6, 6.07) is -0.482. The minimum atomic E-state index is -0.788. The Morgan fingerprint density at radius 1 is 1.71 bits per heavy atom. The first kappa shape index (κ1) is 11.5. The summed E-state index contributed by atoms with van der Waals surface area (Å²) < 4.78 is 0. The summed E-state index contributed by atoms with van der Waals surface area (Å²) in [4.78, 5) is 12.9. The Hall–Kier alpha value is -0.610. The van der Waals surface area contributed by atoms with Gasteiger partial charge in [0.25, 0.3) is 0 Å². The minimum Gasteiger partial charge on any atom is -0.480 e. The second kappa shape index (κ2) is 5.32. The second-order valence-electron chi connectivity index (χ2n) is 4.00. The van der Waals surface area contributed by atoms with Crippen LogP contribution in [0.5, 0.6) is 0 Å². The Morgan fingerprint density at radius 3 is 2.93 bits per heavy atom. The van der Waals surface area contributed by atoms with Crippen molar-refractivity contribution in [3.8, 4) is 0 Å². The number of piperidine rings is 1. The molecule has 0 aromatic heterocycles. The monoisotopic (exact) mass is 200 g/mol. The number of carboxylic acid groups (broad SMARTS) is 1. The normalized spacial score (nSPS) is 26.0. The Kier molecular flexibility index (Phi) is 4.35. The van der Waals surface area contributed by atoms with Crippen LogP contribution in [0.3, 0.4) is 0 Å². The van der Waals surface area contributed by atoms with E-state index in [0.717, 1.165) is 25.9 Å². The van der Waals surface area contributed by atoms with Crippen molar-refractivity contribution in [1.82, 2.24) is 4.90 Å². The Balaban J connectivity index is 2.53. The van der Waals surface area contributed by atoms with Crippen LogP contribution in [-0.4, -0.2) is 41.7 Å². The van der Waals surface area contributed by atoms with E-state index in [1.54, 1.807) is 0 Å². The van der Waals surface area contributed by atoms with E-state index < -0.39 is 12.0 Å². The number of nitrogens with zero attached hydrogens (tertiary/aromatic N) is 1. The largest absolute Gasteiger partial charge is 0.480 e. The fourth-order valence-corrected chi connectivity index (χ4v) is 2.12. The van der Waals surface area contributed by atoms with Crippen LogP contribution < -0.4 is 5.73 Å². The van der Waals surface area contributed by atoms with E-state index in [1.165, 1.54) is 6.42 Å².